The van der Waals surface area contributed by atoms with Gasteiger partial charge in [-0.25, -0.2) is 0 Å². The summed E-state index contributed by atoms with van der Waals surface area (Å²) in [6, 6.07) is 1.79. The Balaban J connectivity index is 1.92. The largest absolute Gasteiger partial charge is 0.457 e. The third kappa shape index (κ3) is 1.91. The van der Waals surface area contributed by atoms with Crippen molar-refractivity contribution in [3.05, 3.63) is 22.8 Å². The molecule has 0 amide bonds. The molecule has 5 nitrogen and oxygen atoms in total. The average Bonchev–Trinajstić information content (AvgIpc) is 2.96. The smallest absolute Gasteiger partial charge is 0.261 e. The Kier molecular flexibility index (Phi) is 2.56. The van der Waals surface area contributed by atoms with Gasteiger partial charge in [0.1, 0.15) is 6.26 Å². The molecular formula is C11H12BrN3O2. The van der Waals surface area contributed by atoms with Gasteiger partial charge in [0.15, 0.2) is 10.5 Å². The Morgan fingerprint density at radius 1 is 1.35 bits per heavy atom. The minimum absolute atomic E-state index is 0.414. The van der Waals surface area contributed by atoms with Gasteiger partial charge in [-0.2, -0.15) is 4.98 Å². The average molecular weight is 298 g/mol. The molecule has 17 heavy (non-hydrogen) atoms. The SMILES string of the molecule is NC1(c2noc(-c3coc(Br)c3)n2)CCCC1. The first-order chi connectivity index (χ1) is 8.17. The van der Waals surface area contributed by atoms with Crippen LogP contribution in [0.1, 0.15) is 31.5 Å². The molecule has 90 valence electrons. The molecule has 3 rings (SSSR count). The minimum atomic E-state index is -0.414. The molecule has 0 unspecified atom stereocenters. The van der Waals surface area contributed by atoms with E-state index >= 15 is 0 Å². The zero-order valence-corrected chi connectivity index (χ0v) is 10.7. The summed E-state index contributed by atoms with van der Waals surface area (Å²) in [4.78, 5) is 4.36. The highest BCUT2D eigenvalue weighted by molar-refractivity contribution is 9.10. The quantitative estimate of drug-likeness (QED) is 0.922. The van der Waals surface area contributed by atoms with Gasteiger partial charge < -0.3 is 14.7 Å². The number of rotatable bonds is 2. The number of aromatic nitrogens is 2. The summed E-state index contributed by atoms with van der Waals surface area (Å²) in [6.45, 7) is 0. The first-order valence-corrected chi connectivity index (χ1v) is 6.34. The molecule has 0 aromatic carbocycles. The second-order valence-electron chi connectivity index (χ2n) is 4.43. The Hall–Kier alpha value is -1.14. The summed E-state index contributed by atoms with van der Waals surface area (Å²) in [7, 11) is 0. The maximum absolute atomic E-state index is 6.26. The van der Waals surface area contributed by atoms with E-state index in [1.165, 1.54) is 0 Å². The van der Waals surface area contributed by atoms with Gasteiger partial charge in [-0.3, -0.25) is 0 Å². The van der Waals surface area contributed by atoms with Crippen molar-refractivity contribution < 1.29 is 8.94 Å². The van der Waals surface area contributed by atoms with E-state index in [2.05, 4.69) is 26.1 Å². The molecule has 6 heteroatoms. The van der Waals surface area contributed by atoms with Crippen LogP contribution in [0.3, 0.4) is 0 Å². The lowest BCUT2D eigenvalue weighted by Crippen LogP contribution is -2.34. The highest BCUT2D eigenvalue weighted by atomic mass is 79.9. The van der Waals surface area contributed by atoms with Crippen LogP contribution in [0.15, 0.2) is 25.9 Å². The number of nitrogens with zero attached hydrogens (tertiary/aromatic N) is 2. The van der Waals surface area contributed by atoms with Crippen molar-refractivity contribution in [2.75, 3.05) is 0 Å². The van der Waals surface area contributed by atoms with E-state index in [1.807, 2.05) is 0 Å². The Morgan fingerprint density at radius 3 is 2.76 bits per heavy atom. The zero-order valence-electron chi connectivity index (χ0n) is 9.15. The molecule has 2 heterocycles. The van der Waals surface area contributed by atoms with Crippen molar-refractivity contribution >= 4 is 15.9 Å². The molecule has 1 saturated carbocycles. The van der Waals surface area contributed by atoms with E-state index in [9.17, 15) is 0 Å². The standard InChI is InChI=1S/C11H12BrN3O2/c12-8-5-7(6-16-8)9-14-10(15-17-9)11(13)3-1-2-4-11/h5-6H,1-4,13H2. The molecule has 1 aliphatic rings. The van der Waals surface area contributed by atoms with Crippen LogP contribution in [0.2, 0.25) is 0 Å². The lowest BCUT2D eigenvalue weighted by atomic mass is 9.99. The van der Waals surface area contributed by atoms with Crippen molar-refractivity contribution in [3.8, 4) is 11.5 Å². The third-order valence-electron chi connectivity index (χ3n) is 3.18. The monoisotopic (exact) mass is 297 g/mol. The Morgan fingerprint density at radius 2 is 2.12 bits per heavy atom. The minimum Gasteiger partial charge on any atom is -0.457 e. The van der Waals surface area contributed by atoms with Crippen molar-refractivity contribution in [1.29, 1.82) is 0 Å². The highest BCUT2D eigenvalue weighted by Gasteiger charge is 2.36. The summed E-state index contributed by atoms with van der Waals surface area (Å²) in [5.74, 6) is 1.05. The van der Waals surface area contributed by atoms with Crippen LogP contribution < -0.4 is 5.73 Å². The Bertz CT molecular complexity index is 528. The first-order valence-electron chi connectivity index (χ1n) is 5.55. The number of halogens is 1. The predicted molar refractivity (Wildman–Crippen MR) is 64.0 cm³/mol. The highest BCUT2D eigenvalue weighted by Crippen LogP contribution is 2.35. The molecule has 0 atom stereocenters. The molecule has 0 bridgehead atoms. The van der Waals surface area contributed by atoms with Gasteiger partial charge in [0.2, 0.25) is 0 Å². The molecule has 0 saturated heterocycles. The fourth-order valence-corrected chi connectivity index (χ4v) is 2.53. The number of nitrogens with two attached hydrogens (primary N) is 1. The summed E-state index contributed by atoms with van der Waals surface area (Å²) >= 11 is 3.23. The molecule has 2 aromatic rings. The summed E-state index contributed by atoms with van der Waals surface area (Å²) in [6.07, 6.45) is 5.65. The second kappa shape index (κ2) is 3.96. The molecule has 2 aromatic heterocycles. The van der Waals surface area contributed by atoms with E-state index in [-0.39, 0.29) is 0 Å². The molecule has 1 fully saturated rings. The Labute approximate surface area is 106 Å². The van der Waals surface area contributed by atoms with Crippen LogP contribution >= 0.6 is 15.9 Å². The lowest BCUT2D eigenvalue weighted by Gasteiger charge is -2.17. The van der Waals surface area contributed by atoms with Gasteiger partial charge in [0, 0.05) is 6.07 Å². The fourth-order valence-electron chi connectivity index (χ4n) is 2.19. The van der Waals surface area contributed by atoms with Crippen molar-refractivity contribution in [2.24, 2.45) is 5.73 Å². The van der Waals surface area contributed by atoms with Crippen LogP contribution in [0, 0.1) is 0 Å². The fraction of sp³-hybridized carbons (Fsp3) is 0.455. The van der Waals surface area contributed by atoms with Gasteiger partial charge in [0.25, 0.3) is 5.89 Å². The predicted octanol–water partition coefficient (Wildman–Crippen LogP) is 2.82. The van der Waals surface area contributed by atoms with E-state index < -0.39 is 5.54 Å². The van der Waals surface area contributed by atoms with E-state index in [0.717, 1.165) is 31.2 Å². The van der Waals surface area contributed by atoms with Crippen LogP contribution in [0.5, 0.6) is 0 Å². The van der Waals surface area contributed by atoms with E-state index in [4.69, 9.17) is 14.7 Å². The summed E-state index contributed by atoms with van der Waals surface area (Å²) < 4.78 is 11.0. The van der Waals surface area contributed by atoms with Crippen LogP contribution in [0.4, 0.5) is 0 Å². The maximum atomic E-state index is 6.26. The van der Waals surface area contributed by atoms with Crippen LogP contribution in [0.25, 0.3) is 11.5 Å². The molecular weight excluding hydrogens is 286 g/mol. The van der Waals surface area contributed by atoms with Gasteiger partial charge in [-0.15, -0.1) is 0 Å². The first kappa shape index (κ1) is 11.0. The maximum Gasteiger partial charge on any atom is 0.261 e. The number of hydrogen-bond donors (Lipinski definition) is 1. The summed E-state index contributed by atoms with van der Waals surface area (Å²) in [5.41, 5.74) is 6.61. The van der Waals surface area contributed by atoms with Crippen molar-refractivity contribution in [3.63, 3.8) is 0 Å². The number of hydrogen-bond acceptors (Lipinski definition) is 5. The van der Waals surface area contributed by atoms with Crippen molar-refractivity contribution in [1.82, 2.24) is 10.1 Å². The van der Waals surface area contributed by atoms with Gasteiger partial charge in [-0.1, -0.05) is 18.0 Å². The third-order valence-corrected chi connectivity index (χ3v) is 3.60. The number of furan rings is 1. The van der Waals surface area contributed by atoms with E-state index in [0.29, 0.717) is 16.4 Å². The lowest BCUT2D eigenvalue weighted by molar-refractivity contribution is 0.372. The van der Waals surface area contributed by atoms with Gasteiger partial charge >= 0.3 is 0 Å². The molecule has 1 aliphatic carbocycles. The van der Waals surface area contributed by atoms with Crippen molar-refractivity contribution in [2.45, 2.75) is 31.2 Å². The normalized spacial score (nSPS) is 18.7. The van der Waals surface area contributed by atoms with Crippen LogP contribution in [-0.2, 0) is 5.54 Å². The topological polar surface area (TPSA) is 78.1 Å². The van der Waals surface area contributed by atoms with Gasteiger partial charge in [0.05, 0.1) is 11.1 Å². The van der Waals surface area contributed by atoms with Gasteiger partial charge in [-0.05, 0) is 28.8 Å². The van der Waals surface area contributed by atoms with E-state index in [1.54, 1.807) is 12.3 Å². The molecule has 0 spiro atoms. The second-order valence-corrected chi connectivity index (χ2v) is 5.21. The summed E-state index contributed by atoms with van der Waals surface area (Å²) in [5, 5.41) is 3.99. The molecule has 0 aliphatic heterocycles. The van der Waals surface area contributed by atoms with Crippen LogP contribution in [-0.4, -0.2) is 10.1 Å². The molecule has 0 radical (unpaired) electrons. The zero-order chi connectivity index (χ0) is 11.9. The molecule has 2 N–H and O–H groups in total.